The summed E-state index contributed by atoms with van der Waals surface area (Å²) >= 11 is 7.48. The number of rotatable bonds is 8. The number of nitrogens with zero attached hydrogens (tertiary/aromatic N) is 4. The number of carbonyl (C=O) groups excluding carboxylic acids is 2. The van der Waals surface area contributed by atoms with Crippen LogP contribution in [0.15, 0.2) is 96.7 Å². The smallest absolute Gasteiger partial charge is 0.301 e. The monoisotopic (exact) mass is 650 g/mol. The summed E-state index contributed by atoms with van der Waals surface area (Å²) in [5.74, 6) is -1.06. The first-order valence-corrected chi connectivity index (χ1v) is 15.8. The number of Topliss-reactive ketones (excluding diaryl/α,β-unsaturated/α-hetero) is 1. The number of aryl methyl sites for hydroxylation is 1. The van der Waals surface area contributed by atoms with Crippen molar-refractivity contribution in [3.8, 4) is 11.5 Å². The van der Waals surface area contributed by atoms with Crippen molar-refractivity contribution in [2.45, 2.75) is 26.5 Å². The van der Waals surface area contributed by atoms with Gasteiger partial charge in [-0.2, -0.15) is 0 Å². The molecular weight excluding hydrogens is 624 g/mol. The van der Waals surface area contributed by atoms with Gasteiger partial charge in [-0.15, -0.1) is 0 Å². The molecule has 6 aromatic rings. The highest BCUT2D eigenvalue weighted by atomic mass is 35.5. The van der Waals surface area contributed by atoms with Crippen LogP contribution in [-0.4, -0.2) is 37.8 Å². The molecule has 46 heavy (non-hydrogen) atoms. The molecule has 9 nitrogen and oxygen atoms in total. The van der Waals surface area contributed by atoms with E-state index in [1.54, 1.807) is 66.1 Å². The van der Waals surface area contributed by atoms with Crippen LogP contribution in [0.3, 0.4) is 0 Å². The van der Waals surface area contributed by atoms with Crippen molar-refractivity contribution < 1.29 is 24.2 Å². The Morgan fingerprint density at radius 2 is 1.76 bits per heavy atom. The molecule has 1 aliphatic heterocycles. The van der Waals surface area contributed by atoms with Gasteiger partial charge in [-0.1, -0.05) is 65.4 Å². The molecule has 1 amide bonds. The minimum absolute atomic E-state index is 0.0866. The Hall–Kier alpha value is -5.19. The van der Waals surface area contributed by atoms with Gasteiger partial charge in [0.1, 0.15) is 17.9 Å². The highest BCUT2D eigenvalue weighted by Gasteiger charge is 2.49. The molecule has 1 unspecified atom stereocenters. The molecule has 3 aromatic heterocycles. The molecule has 11 heteroatoms. The lowest BCUT2D eigenvalue weighted by Crippen LogP contribution is -2.29. The molecule has 0 saturated carbocycles. The van der Waals surface area contributed by atoms with Gasteiger partial charge in [-0.05, 0) is 67.4 Å². The van der Waals surface area contributed by atoms with E-state index < -0.39 is 17.7 Å². The lowest BCUT2D eigenvalue weighted by Gasteiger charge is -2.24. The normalized spacial score (nSPS) is 16.1. The minimum Gasteiger partial charge on any atom is -0.505 e. The molecule has 0 bridgehead atoms. The number of thiazole rings is 1. The summed E-state index contributed by atoms with van der Waals surface area (Å²) in [5, 5.41) is 12.7. The Morgan fingerprint density at radius 3 is 2.57 bits per heavy atom. The third-order valence-electron chi connectivity index (χ3n) is 7.74. The van der Waals surface area contributed by atoms with Crippen molar-refractivity contribution in [2.75, 3.05) is 11.5 Å². The zero-order valence-electron chi connectivity index (χ0n) is 24.8. The van der Waals surface area contributed by atoms with E-state index >= 15 is 0 Å². The molecule has 7 rings (SSSR count). The molecule has 1 saturated heterocycles. The lowest BCUT2D eigenvalue weighted by molar-refractivity contribution is -0.132. The van der Waals surface area contributed by atoms with Crippen LogP contribution in [0.1, 0.15) is 35.5 Å². The second-order valence-electron chi connectivity index (χ2n) is 10.7. The van der Waals surface area contributed by atoms with Gasteiger partial charge in [0.2, 0.25) is 0 Å². The molecule has 0 radical (unpaired) electrons. The second kappa shape index (κ2) is 12.0. The Kier molecular flexibility index (Phi) is 7.67. The summed E-state index contributed by atoms with van der Waals surface area (Å²) in [7, 11) is 0. The van der Waals surface area contributed by atoms with Gasteiger partial charge in [0.05, 0.1) is 34.1 Å². The molecule has 0 aliphatic carbocycles. The third-order valence-corrected chi connectivity index (χ3v) is 8.99. The number of pyridine rings is 1. The van der Waals surface area contributed by atoms with Gasteiger partial charge in [0, 0.05) is 11.2 Å². The topological polar surface area (TPSA) is 106 Å². The molecule has 4 heterocycles. The molecule has 1 fully saturated rings. The number of ketones is 1. The van der Waals surface area contributed by atoms with Crippen molar-refractivity contribution >= 4 is 61.4 Å². The van der Waals surface area contributed by atoms with Gasteiger partial charge in [0.15, 0.2) is 22.4 Å². The first-order chi connectivity index (χ1) is 22.3. The predicted molar refractivity (Wildman–Crippen MR) is 178 cm³/mol. The van der Waals surface area contributed by atoms with Crippen LogP contribution < -0.4 is 14.4 Å². The van der Waals surface area contributed by atoms with Gasteiger partial charge >= 0.3 is 5.91 Å². The lowest BCUT2D eigenvalue weighted by atomic mass is 9.96. The molecule has 1 atom stereocenters. The summed E-state index contributed by atoms with van der Waals surface area (Å²) in [6.07, 6.45) is 1.75. The van der Waals surface area contributed by atoms with E-state index in [4.69, 9.17) is 26.1 Å². The average Bonchev–Trinajstić information content (AvgIpc) is 3.71. The number of benzene rings is 3. The molecular formula is C35H27ClN4O5S. The first-order valence-electron chi connectivity index (χ1n) is 14.6. The van der Waals surface area contributed by atoms with E-state index in [0.29, 0.717) is 63.0 Å². The van der Waals surface area contributed by atoms with Crippen molar-refractivity contribution in [3.05, 3.63) is 124 Å². The maximum Gasteiger partial charge on any atom is 0.301 e. The fraction of sp³-hybridized carbons (Fsp3) is 0.143. The average molecular weight is 651 g/mol. The van der Waals surface area contributed by atoms with Crippen LogP contribution in [-0.2, 0) is 16.2 Å². The number of anilines is 1. The Bertz CT molecular complexity index is 2170. The zero-order chi connectivity index (χ0) is 31.9. The van der Waals surface area contributed by atoms with Crippen molar-refractivity contribution in [3.63, 3.8) is 0 Å². The summed E-state index contributed by atoms with van der Waals surface area (Å²) in [5.41, 5.74) is 3.47. The molecule has 230 valence electrons. The standard InChI is InChI=1S/C35H27ClN4O5S/c1-3-44-26-17-22(12-15-25(26)45-19-21-9-5-4-6-10-21)31-29(32(41)30-20(2)37-28-11-7-8-16-39(28)30)33(42)34(43)40(31)35-38-24-14-13-23(36)18-27(24)46-35/h4-18,31,41H,3,19H2,1-2H3. The highest BCUT2D eigenvalue weighted by Crippen LogP contribution is 2.46. The van der Waals surface area contributed by atoms with Crippen LogP contribution in [0.25, 0.3) is 21.6 Å². The fourth-order valence-electron chi connectivity index (χ4n) is 5.68. The van der Waals surface area contributed by atoms with E-state index in [2.05, 4.69) is 4.98 Å². The number of carbonyl (C=O) groups is 2. The Morgan fingerprint density at radius 1 is 0.957 bits per heavy atom. The van der Waals surface area contributed by atoms with Crippen molar-refractivity contribution in [1.29, 1.82) is 0 Å². The number of hydrogen-bond donors (Lipinski definition) is 1. The van der Waals surface area contributed by atoms with Gasteiger partial charge in [-0.25, -0.2) is 9.97 Å². The first kappa shape index (κ1) is 29.5. The van der Waals surface area contributed by atoms with E-state index in [0.717, 1.165) is 10.3 Å². The Labute approximate surface area is 272 Å². The quantitative estimate of drug-likeness (QED) is 0.103. The zero-order valence-corrected chi connectivity index (χ0v) is 26.4. The largest absolute Gasteiger partial charge is 0.505 e. The van der Waals surface area contributed by atoms with Crippen LogP contribution in [0.5, 0.6) is 11.5 Å². The number of amides is 1. The number of fused-ring (bicyclic) bond motifs is 2. The number of ether oxygens (including phenoxy) is 2. The van der Waals surface area contributed by atoms with E-state index in [1.807, 2.05) is 43.3 Å². The third kappa shape index (κ3) is 5.15. The Balaban J connectivity index is 1.40. The fourth-order valence-corrected chi connectivity index (χ4v) is 6.95. The van der Waals surface area contributed by atoms with E-state index in [-0.39, 0.29) is 11.3 Å². The van der Waals surface area contributed by atoms with Crippen LogP contribution >= 0.6 is 22.9 Å². The number of aliphatic hydroxyl groups is 1. The van der Waals surface area contributed by atoms with Crippen molar-refractivity contribution in [2.24, 2.45) is 0 Å². The molecule has 0 spiro atoms. The molecule has 1 N–H and O–H groups in total. The number of imidazole rings is 1. The van der Waals surface area contributed by atoms with Gasteiger partial charge in [0.25, 0.3) is 5.78 Å². The SMILES string of the molecule is CCOc1cc(C2C(=C(O)c3c(C)nc4ccccn34)C(=O)C(=O)N2c2nc3ccc(Cl)cc3s2)ccc1OCc1ccccc1. The minimum atomic E-state index is -1.04. The number of hydrogen-bond acceptors (Lipinski definition) is 8. The van der Waals surface area contributed by atoms with Crippen LogP contribution in [0.4, 0.5) is 5.13 Å². The number of aromatic nitrogens is 3. The van der Waals surface area contributed by atoms with Gasteiger partial charge in [-0.3, -0.25) is 18.9 Å². The summed E-state index contributed by atoms with van der Waals surface area (Å²) in [6.45, 7) is 4.28. The number of aliphatic hydroxyl groups excluding tert-OH is 1. The predicted octanol–water partition coefficient (Wildman–Crippen LogP) is 7.51. The van der Waals surface area contributed by atoms with Crippen molar-refractivity contribution in [1.82, 2.24) is 14.4 Å². The molecule has 3 aromatic carbocycles. The van der Waals surface area contributed by atoms with Crippen LogP contribution in [0, 0.1) is 6.92 Å². The van der Waals surface area contributed by atoms with E-state index in [9.17, 15) is 14.7 Å². The summed E-state index contributed by atoms with van der Waals surface area (Å²) in [6, 6.07) is 24.7. The maximum atomic E-state index is 13.9. The maximum absolute atomic E-state index is 13.9. The molecule has 1 aliphatic rings. The highest BCUT2D eigenvalue weighted by molar-refractivity contribution is 7.22. The summed E-state index contributed by atoms with van der Waals surface area (Å²) in [4.78, 5) is 38.4. The summed E-state index contributed by atoms with van der Waals surface area (Å²) < 4.78 is 14.6. The van der Waals surface area contributed by atoms with Gasteiger partial charge < -0.3 is 14.6 Å². The van der Waals surface area contributed by atoms with E-state index in [1.165, 1.54) is 16.2 Å². The second-order valence-corrected chi connectivity index (χ2v) is 12.1. The van der Waals surface area contributed by atoms with Crippen LogP contribution in [0.2, 0.25) is 5.02 Å². The number of halogens is 1.